The van der Waals surface area contributed by atoms with Crippen molar-refractivity contribution in [1.82, 2.24) is 0 Å². The van der Waals surface area contributed by atoms with Gasteiger partial charge in [0.25, 0.3) is 0 Å². The summed E-state index contributed by atoms with van der Waals surface area (Å²) < 4.78 is 25.8. The Labute approximate surface area is 110 Å². The Morgan fingerprint density at radius 1 is 1.06 bits per heavy atom. The van der Waals surface area contributed by atoms with E-state index in [4.69, 9.17) is 0 Å². The molecule has 0 unspecified atom stereocenters. The van der Waals surface area contributed by atoms with E-state index < -0.39 is 10.0 Å². The van der Waals surface area contributed by atoms with Gasteiger partial charge in [0, 0.05) is 24.5 Å². The summed E-state index contributed by atoms with van der Waals surface area (Å²) in [6.07, 6.45) is 0.618. The number of hydrogen-bond acceptors (Lipinski definition) is 3. The molecule has 0 saturated carbocycles. The van der Waals surface area contributed by atoms with Crippen LogP contribution in [0, 0.1) is 0 Å². The van der Waals surface area contributed by atoms with Crippen molar-refractivity contribution in [2.75, 3.05) is 28.5 Å². The number of rotatable bonds is 7. The Kier molecular flexibility index (Phi) is 5.47. The Morgan fingerprint density at radius 3 is 2.06 bits per heavy atom. The smallest absolute Gasteiger partial charge is 0.232 e. The number of nitrogens with zero attached hydrogens (tertiary/aromatic N) is 1. The molecule has 0 heterocycles. The van der Waals surface area contributed by atoms with Crippen LogP contribution in [0.4, 0.5) is 11.4 Å². The molecule has 0 aliphatic heterocycles. The molecule has 18 heavy (non-hydrogen) atoms. The molecule has 0 bridgehead atoms. The summed E-state index contributed by atoms with van der Waals surface area (Å²) in [7, 11) is -3.19. The molecule has 4 nitrogen and oxygen atoms in total. The average Bonchev–Trinajstić information content (AvgIpc) is 2.32. The quantitative estimate of drug-likeness (QED) is 0.828. The van der Waals surface area contributed by atoms with Gasteiger partial charge < -0.3 is 4.90 Å². The van der Waals surface area contributed by atoms with Crippen molar-refractivity contribution in [3.63, 3.8) is 0 Å². The van der Waals surface area contributed by atoms with Gasteiger partial charge in [-0.15, -0.1) is 0 Å². The molecular formula is C13H22N2O2S. The van der Waals surface area contributed by atoms with Crippen LogP contribution < -0.4 is 9.62 Å². The van der Waals surface area contributed by atoms with Crippen LogP contribution >= 0.6 is 0 Å². The van der Waals surface area contributed by atoms with Gasteiger partial charge in [0.05, 0.1) is 5.75 Å². The van der Waals surface area contributed by atoms with E-state index in [1.807, 2.05) is 19.1 Å². The lowest BCUT2D eigenvalue weighted by Crippen LogP contribution is -2.21. The van der Waals surface area contributed by atoms with Crippen molar-refractivity contribution in [3.8, 4) is 0 Å². The summed E-state index contributed by atoms with van der Waals surface area (Å²) >= 11 is 0. The van der Waals surface area contributed by atoms with Gasteiger partial charge in [0.15, 0.2) is 0 Å². The standard InChI is InChI=1S/C13H22N2O2S/c1-4-11-18(16,17)14-12-7-9-13(10-8-12)15(5-2)6-3/h7-10,14H,4-6,11H2,1-3H3. The summed E-state index contributed by atoms with van der Waals surface area (Å²) in [6, 6.07) is 7.50. The molecule has 0 aromatic heterocycles. The molecule has 0 atom stereocenters. The first-order chi connectivity index (χ1) is 8.52. The third-order valence-corrected chi connectivity index (χ3v) is 4.23. The zero-order valence-corrected chi connectivity index (χ0v) is 12.1. The molecular weight excluding hydrogens is 248 g/mol. The first kappa shape index (κ1) is 14.8. The average molecular weight is 270 g/mol. The molecule has 0 aliphatic rings. The predicted octanol–water partition coefficient (Wildman–Crippen LogP) is 2.68. The maximum atomic E-state index is 11.6. The van der Waals surface area contributed by atoms with Gasteiger partial charge in [-0.05, 0) is 44.5 Å². The lowest BCUT2D eigenvalue weighted by Gasteiger charge is -2.21. The van der Waals surface area contributed by atoms with Crippen molar-refractivity contribution in [1.29, 1.82) is 0 Å². The topological polar surface area (TPSA) is 49.4 Å². The van der Waals surface area contributed by atoms with Crippen molar-refractivity contribution < 1.29 is 8.42 Å². The van der Waals surface area contributed by atoms with Crippen LogP contribution in [0.5, 0.6) is 0 Å². The van der Waals surface area contributed by atoms with Gasteiger partial charge in [-0.25, -0.2) is 8.42 Å². The third-order valence-electron chi connectivity index (χ3n) is 2.74. The van der Waals surface area contributed by atoms with Gasteiger partial charge in [-0.2, -0.15) is 0 Å². The Morgan fingerprint density at radius 2 is 1.61 bits per heavy atom. The van der Waals surface area contributed by atoms with E-state index in [0.717, 1.165) is 18.8 Å². The third kappa shape index (κ3) is 4.22. The Bertz CT molecular complexity index is 450. The second-order valence-corrected chi connectivity index (χ2v) is 5.98. The number of nitrogens with one attached hydrogen (secondary N) is 1. The second-order valence-electron chi connectivity index (χ2n) is 4.14. The molecule has 5 heteroatoms. The fourth-order valence-corrected chi connectivity index (χ4v) is 2.96. The molecule has 1 aromatic rings. The van der Waals surface area contributed by atoms with Crippen LogP contribution in [0.25, 0.3) is 0 Å². The molecule has 102 valence electrons. The summed E-state index contributed by atoms with van der Waals surface area (Å²) in [4.78, 5) is 2.21. The Balaban J connectivity index is 2.77. The molecule has 0 radical (unpaired) electrons. The fraction of sp³-hybridized carbons (Fsp3) is 0.538. The van der Waals surface area contributed by atoms with E-state index in [0.29, 0.717) is 12.1 Å². The molecule has 1 N–H and O–H groups in total. The molecule has 0 saturated heterocycles. The van der Waals surface area contributed by atoms with Gasteiger partial charge in [-0.1, -0.05) is 6.92 Å². The van der Waals surface area contributed by atoms with Crippen LogP contribution in [0.1, 0.15) is 27.2 Å². The van der Waals surface area contributed by atoms with E-state index in [1.165, 1.54) is 0 Å². The summed E-state index contributed by atoms with van der Waals surface area (Å²) in [5.74, 6) is 0.158. The van der Waals surface area contributed by atoms with E-state index in [-0.39, 0.29) is 5.75 Å². The maximum absolute atomic E-state index is 11.6. The molecule has 0 fully saturated rings. The minimum absolute atomic E-state index is 0.158. The van der Waals surface area contributed by atoms with Gasteiger partial charge in [0.2, 0.25) is 10.0 Å². The fourth-order valence-electron chi connectivity index (χ4n) is 1.83. The molecule has 0 amide bonds. The van der Waals surface area contributed by atoms with Crippen molar-refractivity contribution in [2.45, 2.75) is 27.2 Å². The number of anilines is 2. The van der Waals surface area contributed by atoms with Crippen LogP contribution in [-0.2, 0) is 10.0 Å². The minimum atomic E-state index is -3.19. The van der Waals surface area contributed by atoms with Crippen molar-refractivity contribution in [2.24, 2.45) is 0 Å². The summed E-state index contributed by atoms with van der Waals surface area (Å²) in [5.41, 5.74) is 1.73. The predicted molar refractivity (Wildman–Crippen MR) is 77.7 cm³/mol. The lowest BCUT2D eigenvalue weighted by atomic mass is 10.2. The number of benzene rings is 1. The highest BCUT2D eigenvalue weighted by molar-refractivity contribution is 7.92. The van der Waals surface area contributed by atoms with Crippen LogP contribution in [-0.4, -0.2) is 27.3 Å². The largest absolute Gasteiger partial charge is 0.372 e. The van der Waals surface area contributed by atoms with Gasteiger partial charge >= 0.3 is 0 Å². The van der Waals surface area contributed by atoms with Gasteiger partial charge in [-0.3, -0.25) is 4.72 Å². The maximum Gasteiger partial charge on any atom is 0.232 e. The molecule has 1 aromatic carbocycles. The minimum Gasteiger partial charge on any atom is -0.372 e. The van der Waals surface area contributed by atoms with E-state index >= 15 is 0 Å². The molecule has 0 aliphatic carbocycles. The first-order valence-electron chi connectivity index (χ1n) is 6.37. The lowest BCUT2D eigenvalue weighted by molar-refractivity contribution is 0.600. The van der Waals surface area contributed by atoms with Crippen LogP contribution in [0.15, 0.2) is 24.3 Å². The SMILES string of the molecule is CCCS(=O)(=O)Nc1ccc(N(CC)CC)cc1. The number of sulfonamides is 1. The van der Waals surface area contributed by atoms with Crippen molar-refractivity contribution in [3.05, 3.63) is 24.3 Å². The zero-order chi connectivity index (χ0) is 13.6. The highest BCUT2D eigenvalue weighted by atomic mass is 32.2. The second kappa shape index (κ2) is 6.64. The van der Waals surface area contributed by atoms with E-state index in [1.54, 1.807) is 12.1 Å². The number of hydrogen-bond donors (Lipinski definition) is 1. The van der Waals surface area contributed by atoms with Crippen molar-refractivity contribution >= 4 is 21.4 Å². The summed E-state index contributed by atoms with van der Waals surface area (Å²) in [6.45, 7) is 7.93. The van der Waals surface area contributed by atoms with Gasteiger partial charge in [0.1, 0.15) is 0 Å². The first-order valence-corrected chi connectivity index (χ1v) is 8.03. The monoisotopic (exact) mass is 270 g/mol. The van der Waals surface area contributed by atoms with E-state index in [9.17, 15) is 8.42 Å². The highest BCUT2D eigenvalue weighted by Gasteiger charge is 2.09. The van der Waals surface area contributed by atoms with Crippen LogP contribution in [0.2, 0.25) is 0 Å². The molecule has 0 spiro atoms. The summed E-state index contributed by atoms with van der Waals surface area (Å²) in [5, 5.41) is 0. The van der Waals surface area contributed by atoms with E-state index in [2.05, 4.69) is 23.5 Å². The normalized spacial score (nSPS) is 11.3. The highest BCUT2D eigenvalue weighted by Crippen LogP contribution is 2.18. The zero-order valence-electron chi connectivity index (χ0n) is 11.3. The molecule has 1 rings (SSSR count). The van der Waals surface area contributed by atoms with Crippen LogP contribution in [0.3, 0.4) is 0 Å². The Hall–Kier alpha value is -1.23.